The van der Waals surface area contributed by atoms with Crippen molar-refractivity contribution in [2.45, 2.75) is 13.3 Å². The third-order valence-corrected chi connectivity index (χ3v) is 3.96. The van der Waals surface area contributed by atoms with Crippen LogP contribution in [-0.4, -0.2) is 32.1 Å². The Morgan fingerprint density at radius 3 is 2.84 bits per heavy atom. The Labute approximate surface area is 146 Å². The van der Waals surface area contributed by atoms with Crippen molar-refractivity contribution in [1.82, 2.24) is 0 Å². The second kappa shape index (κ2) is 7.25. The normalized spacial score (nSPS) is 13.0. The maximum atomic E-state index is 12.5. The fourth-order valence-electron chi connectivity index (χ4n) is 2.78. The number of fused-ring (bicyclic) bond motifs is 1. The van der Waals surface area contributed by atoms with E-state index in [1.165, 1.54) is 7.11 Å². The second-order valence-corrected chi connectivity index (χ2v) is 5.67. The minimum absolute atomic E-state index is 0.0416. The highest BCUT2D eigenvalue weighted by molar-refractivity contribution is 6.07. The molecule has 0 atom stereocenters. The molecule has 1 heterocycles. The largest absolute Gasteiger partial charge is 0.496 e. The number of carbonyl (C=O) groups is 2. The van der Waals surface area contributed by atoms with Gasteiger partial charge in [-0.2, -0.15) is 0 Å². The predicted octanol–water partition coefficient (Wildman–Crippen LogP) is 3.08. The molecule has 1 N–H and O–H groups in total. The van der Waals surface area contributed by atoms with Gasteiger partial charge in [0.15, 0.2) is 6.61 Å². The summed E-state index contributed by atoms with van der Waals surface area (Å²) in [6.45, 7) is 2.66. The molecule has 0 fully saturated rings. The quantitative estimate of drug-likeness (QED) is 0.908. The van der Waals surface area contributed by atoms with Gasteiger partial charge in [-0.05, 0) is 36.8 Å². The summed E-state index contributed by atoms with van der Waals surface area (Å²) in [5.41, 5.74) is 1.71. The molecule has 2 aromatic carbocycles. The Morgan fingerprint density at radius 2 is 2.08 bits per heavy atom. The van der Waals surface area contributed by atoms with Crippen molar-refractivity contribution < 1.29 is 19.1 Å². The first-order chi connectivity index (χ1) is 12.1. The zero-order valence-electron chi connectivity index (χ0n) is 14.2. The van der Waals surface area contributed by atoms with Crippen molar-refractivity contribution in [1.29, 1.82) is 0 Å². The summed E-state index contributed by atoms with van der Waals surface area (Å²) < 4.78 is 10.7. The van der Waals surface area contributed by atoms with Crippen LogP contribution in [0.5, 0.6) is 11.5 Å². The lowest BCUT2D eigenvalue weighted by molar-refractivity contribution is -0.121. The van der Waals surface area contributed by atoms with Crippen molar-refractivity contribution in [3.8, 4) is 11.5 Å². The van der Waals surface area contributed by atoms with Crippen LogP contribution in [0.15, 0.2) is 42.5 Å². The highest BCUT2D eigenvalue weighted by atomic mass is 16.5. The molecule has 0 aromatic heterocycles. The maximum absolute atomic E-state index is 12.5. The van der Waals surface area contributed by atoms with Crippen LogP contribution in [0.25, 0.3) is 0 Å². The topological polar surface area (TPSA) is 67.9 Å². The van der Waals surface area contributed by atoms with Crippen molar-refractivity contribution in [2.75, 3.05) is 30.5 Å². The van der Waals surface area contributed by atoms with Gasteiger partial charge >= 0.3 is 0 Å². The molecule has 0 unspecified atom stereocenters. The lowest BCUT2D eigenvalue weighted by Crippen LogP contribution is -2.39. The summed E-state index contributed by atoms with van der Waals surface area (Å²) in [6.07, 6.45) is 0.836. The number of anilines is 2. The minimum atomic E-state index is -0.275. The van der Waals surface area contributed by atoms with E-state index in [1.807, 2.05) is 6.92 Å². The van der Waals surface area contributed by atoms with E-state index in [2.05, 4.69) is 5.32 Å². The van der Waals surface area contributed by atoms with Crippen molar-refractivity contribution in [2.24, 2.45) is 0 Å². The molecule has 2 amide bonds. The number of methoxy groups -OCH3 is 1. The maximum Gasteiger partial charge on any atom is 0.265 e. The summed E-state index contributed by atoms with van der Waals surface area (Å²) in [7, 11) is 1.52. The van der Waals surface area contributed by atoms with Crippen molar-refractivity contribution >= 4 is 23.2 Å². The van der Waals surface area contributed by atoms with Crippen LogP contribution in [0.4, 0.5) is 11.4 Å². The first-order valence-electron chi connectivity index (χ1n) is 8.15. The lowest BCUT2D eigenvalue weighted by Gasteiger charge is -2.29. The molecule has 0 aliphatic carbocycles. The van der Waals surface area contributed by atoms with Crippen LogP contribution in [0.2, 0.25) is 0 Å². The van der Waals surface area contributed by atoms with Crippen molar-refractivity contribution in [3.05, 3.63) is 48.0 Å². The minimum Gasteiger partial charge on any atom is -0.496 e. The van der Waals surface area contributed by atoms with Gasteiger partial charge in [0.25, 0.3) is 11.8 Å². The van der Waals surface area contributed by atoms with Gasteiger partial charge in [-0.15, -0.1) is 0 Å². The highest BCUT2D eigenvalue weighted by Crippen LogP contribution is 2.35. The molecular formula is C19H20N2O4. The number of rotatable bonds is 5. The van der Waals surface area contributed by atoms with E-state index in [0.717, 1.165) is 6.42 Å². The van der Waals surface area contributed by atoms with E-state index in [9.17, 15) is 9.59 Å². The average Bonchev–Trinajstić information content (AvgIpc) is 2.64. The number of para-hydroxylation sites is 1. The van der Waals surface area contributed by atoms with E-state index >= 15 is 0 Å². The number of carbonyl (C=O) groups excluding carboxylic acids is 2. The van der Waals surface area contributed by atoms with Crippen LogP contribution in [0.1, 0.15) is 23.7 Å². The third kappa shape index (κ3) is 3.42. The molecule has 6 heteroatoms. The zero-order valence-corrected chi connectivity index (χ0v) is 14.2. The summed E-state index contributed by atoms with van der Waals surface area (Å²) in [5, 5.41) is 2.85. The van der Waals surface area contributed by atoms with E-state index in [0.29, 0.717) is 35.0 Å². The molecule has 25 heavy (non-hydrogen) atoms. The number of nitrogens with one attached hydrogen (secondary N) is 1. The second-order valence-electron chi connectivity index (χ2n) is 5.67. The molecule has 0 radical (unpaired) electrons. The number of benzene rings is 2. The molecule has 0 spiro atoms. The average molecular weight is 340 g/mol. The van der Waals surface area contributed by atoms with Crippen LogP contribution < -0.4 is 19.7 Å². The van der Waals surface area contributed by atoms with Crippen LogP contribution in [0, 0.1) is 0 Å². The van der Waals surface area contributed by atoms with Gasteiger partial charge in [-0.3, -0.25) is 9.59 Å². The molecule has 2 aromatic rings. The van der Waals surface area contributed by atoms with Gasteiger partial charge in [0.2, 0.25) is 0 Å². The molecule has 0 saturated heterocycles. The van der Waals surface area contributed by atoms with Crippen LogP contribution in [0.3, 0.4) is 0 Å². The first kappa shape index (κ1) is 16.8. The number of hydrogen-bond donors (Lipinski definition) is 1. The molecular weight excluding hydrogens is 320 g/mol. The predicted molar refractivity (Wildman–Crippen MR) is 95.5 cm³/mol. The standard InChI is InChI=1S/C19H20N2O4/c1-3-10-21-15-11-13(8-9-17(15)25-12-18(21)22)20-19(23)14-6-4-5-7-16(14)24-2/h4-9,11H,3,10,12H2,1-2H3,(H,20,23). The molecule has 0 saturated carbocycles. The van der Waals surface area contributed by atoms with Crippen molar-refractivity contribution in [3.63, 3.8) is 0 Å². The number of nitrogens with zero attached hydrogens (tertiary/aromatic N) is 1. The number of amides is 2. The monoisotopic (exact) mass is 340 g/mol. The van der Waals surface area contributed by atoms with E-state index in [-0.39, 0.29) is 18.4 Å². The molecule has 6 nitrogen and oxygen atoms in total. The van der Waals surface area contributed by atoms with E-state index in [4.69, 9.17) is 9.47 Å². The smallest absolute Gasteiger partial charge is 0.265 e. The summed E-state index contributed by atoms with van der Waals surface area (Å²) in [5.74, 6) is 0.789. The first-order valence-corrected chi connectivity index (χ1v) is 8.15. The Bertz CT molecular complexity index is 804. The number of hydrogen-bond acceptors (Lipinski definition) is 4. The lowest BCUT2D eigenvalue weighted by atomic mass is 10.1. The Hall–Kier alpha value is -3.02. The molecule has 1 aliphatic rings. The molecule has 1 aliphatic heterocycles. The van der Waals surface area contributed by atoms with Crippen LogP contribution >= 0.6 is 0 Å². The van der Waals surface area contributed by atoms with Gasteiger partial charge in [-0.1, -0.05) is 19.1 Å². The fourth-order valence-corrected chi connectivity index (χ4v) is 2.78. The Kier molecular flexibility index (Phi) is 4.88. The highest BCUT2D eigenvalue weighted by Gasteiger charge is 2.25. The van der Waals surface area contributed by atoms with Gasteiger partial charge in [0.05, 0.1) is 18.4 Å². The summed E-state index contributed by atoms with van der Waals surface area (Å²) in [4.78, 5) is 26.3. The Morgan fingerprint density at radius 1 is 1.28 bits per heavy atom. The SMILES string of the molecule is CCCN1C(=O)COc2ccc(NC(=O)c3ccccc3OC)cc21. The Balaban J connectivity index is 1.87. The fraction of sp³-hybridized carbons (Fsp3) is 0.263. The van der Waals surface area contributed by atoms with Gasteiger partial charge in [0.1, 0.15) is 11.5 Å². The zero-order chi connectivity index (χ0) is 17.8. The van der Waals surface area contributed by atoms with E-state index in [1.54, 1.807) is 47.4 Å². The molecule has 3 rings (SSSR count). The molecule has 130 valence electrons. The van der Waals surface area contributed by atoms with Crippen LogP contribution in [-0.2, 0) is 4.79 Å². The third-order valence-electron chi connectivity index (χ3n) is 3.96. The molecule has 0 bridgehead atoms. The summed E-state index contributed by atoms with van der Waals surface area (Å²) >= 11 is 0. The van der Waals surface area contributed by atoms with Gasteiger partial charge in [0, 0.05) is 12.2 Å². The van der Waals surface area contributed by atoms with Gasteiger partial charge < -0.3 is 19.7 Å². The van der Waals surface area contributed by atoms with Gasteiger partial charge in [-0.25, -0.2) is 0 Å². The number of ether oxygens (including phenoxy) is 2. The summed E-state index contributed by atoms with van der Waals surface area (Å²) in [6, 6.07) is 12.3. The van der Waals surface area contributed by atoms with E-state index < -0.39 is 0 Å².